The van der Waals surface area contributed by atoms with E-state index in [1.165, 1.54) is 12.3 Å². The van der Waals surface area contributed by atoms with Crippen LogP contribution in [0.4, 0.5) is 21.5 Å². The van der Waals surface area contributed by atoms with Crippen LogP contribution in [0.3, 0.4) is 0 Å². The Morgan fingerprint density at radius 1 is 1.13 bits per heavy atom. The predicted molar refractivity (Wildman–Crippen MR) is 189 cm³/mol. The van der Waals surface area contributed by atoms with E-state index < -0.39 is 11.9 Å². The van der Waals surface area contributed by atoms with Gasteiger partial charge in [0, 0.05) is 58.9 Å². The molecule has 0 spiro atoms. The number of piperidine rings is 1. The van der Waals surface area contributed by atoms with Gasteiger partial charge in [0.2, 0.25) is 0 Å². The molecule has 1 fully saturated rings. The fraction of sp³-hybridized carbons (Fsp3) is 0.294. The van der Waals surface area contributed by atoms with Crippen molar-refractivity contribution in [2.24, 2.45) is 11.6 Å². The number of halogens is 4. The number of likely N-dealkylation sites (tertiary alicyclic amines) is 1. The summed E-state index contributed by atoms with van der Waals surface area (Å²) in [4.78, 5) is 6.92. The Morgan fingerprint density at radius 3 is 2.46 bits per heavy atom. The van der Waals surface area contributed by atoms with Crippen molar-refractivity contribution in [3.05, 3.63) is 104 Å². The molecule has 8 nitrogen and oxygen atoms in total. The number of nitrogens with zero attached hydrogens (tertiary/aromatic N) is 4. The van der Waals surface area contributed by atoms with Gasteiger partial charge in [-0.1, -0.05) is 35.3 Å². The second kappa shape index (κ2) is 14.0. The molecule has 1 atom stereocenters. The van der Waals surface area contributed by atoms with Crippen molar-refractivity contribution in [2.45, 2.75) is 51.2 Å². The monoisotopic (exact) mass is 724 g/mol. The average molecular weight is 727 g/mol. The lowest BCUT2D eigenvalue weighted by Gasteiger charge is -2.42. The van der Waals surface area contributed by atoms with Gasteiger partial charge in [0.05, 0.1) is 38.0 Å². The number of pyridine rings is 1. The molecule has 0 radical (unpaired) electrons. The van der Waals surface area contributed by atoms with Gasteiger partial charge in [-0.15, -0.1) is 0 Å². The average Bonchev–Trinajstić information content (AvgIpc) is 3.02. The summed E-state index contributed by atoms with van der Waals surface area (Å²) >= 11 is 16.2. The van der Waals surface area contributed by atoms with E-state index in [1.807, 2.05) is 18.2 Å². The maximum Gasteiger partial charge on any atom is 0.137 e. The van der Waals surface area contributed by atoms with Gasteiger partial charge in [0.15, 0.2) is 0 Å². The number of benzene rings is 3. The summed E-state index contributed by atoms with van der Waals surface area (Å²) in [7, 11) is 0. The molecule has 6 N–H and O–H groups in total. The maximum absolute atomic E-state index is 13.9. The van der Waals surface area contributed by atoms with Crippen molar-refractivity contribution in [1.29, 1.82) is 5.26 Å². The molecule has 4 aromatic rings. The first-order valence-corrected chi connectivity index (χ1v) is 16.4. The maximum atomic E-state index is 13.9. The molecular weight excluding hydrogens is 690 g/mol. The third-order valence-electron chi connectivity index (χ3n) is 8.21. The molecular formula is C34H36BrCl2FN8. The lowest BCUT2D eigenvalue weighted by Crippen LogP contribution is -2.51. The Labute approximate surface area is 287 Å². The number of hydrazine groups is 1. The summed E-state index contributed by atoms with van der Waals surface area (Å²) in [6.07, 6.45) is 5.10. The highest BCUT2D eigenvalue weighted by Crippen LogP contribution is 2.37. The molecule has 1 saturated heterocycles. The Kier molecular flexibility index (Phi) is 10.3. The number of aromatic nitrogens is 1. The van der Waals surface area contributed by atoms with E-state index in [-0.39, 0.29) is 16.1 Å². The molecule has 0 unspecified atom stereocenters. The molecule has 0 amide bonds. The van der Waals surface area contributed by atoms with Crippen LogP contribution in [0.25, 0.3) is 10.9 Å². The molecule has 240 valence electrons. The fourth-order valence-corrected chi connectivity index (χ4v) is 6.42. The molecule has 2 heterocycles. The third-order valence-corrected chi connectivity index (χ3v) is 9.36. The van der Waals surface area contributed by atoms with Crippen LogP contribution in [0.15, 0.2) is 77.2 Å². The highest BCUT2D eigenvalue weighted by atomic mass is 79.9. The van der Waals surface area contributed by atoms with E-state index in [9.17, 15) is 9.65 Å². The first-order valence-electron chi connectivity index (χ1n) is 14.9. The Morgan fingerprint density at radius 2 is 1.83 bits per heavy atom. The van der Waals surface area contributed by atoms with Crippen LogP contribution in [0.2, 0.25) is 10.0 Å². The standard InChI is InChI=1S/C34H36BrCl2FN8/c1-34(2,3)45-12-10-25(11-13-45)46(41)19-30(40)32(20-4-6-22(36)7-5-20)44-24-14-26-31(43-23-8-9-29(38)27(35)15-23)21(17-39)18-42-33(26)28(37)16-24/h4-9,14-16,18-19,25,32,44H,10-13,40-41H2,1-3H3,(H,42,43)/b30-19-/t32-/m0/s1. The molecule has 0 saturated carbocycles. The predicted octanol–water partition coefficient (Wildman–Crippen LogP) is 8.45. The van der Waals surface area contributed by atoms with Crippen LogP contribution in [0.5, 0.6) is 0 Å². The topological polar surface area (TPSA) is 119 Å². The minimum atomic E-state index is -0.497. The Hall–Kier alpha value is -3.59. The molecule has 5 rings (SSSR count). The molecule has 1 aliphatic rings. The second-order valence-corrected chi connectivity index (χ2v) is 14.1. The zero-order valence-corrected chi connectivity index (χ0v) is 28.9. The van der Waals surface area contributed by atoms with Gasteiger partial charge < -0.3 is 21.4 Å². The van der Waals surface area contributed by atoms with E-state index in [4.69, 9.17) is 34.8 Å². The molecule has 1 aromatic heterocycles. The van der Waals surface area contributed by atoms with Crippen LogP contribution in [-0.2, 0) is 0 Å². The summed E-state index contributed by atoms with van der Waals surface area (Å²) in [6.45, 7) is 8.59. The zero-order valence-electron chi connectivity index (χ0n) is 25.8. The normalized spacial score (nSPS) is 15.4. The van der Waals surface area contributed by atoms with Crippen molar-refractivity contribution in [3.63, 3.8) is 0 Å². The number of anilines is 3. The molecule has 12 heteroatoms. The van der Waals surface area contributed by atoms with Crippen LogP contribution < -0.4 is 22.2 Å². The molecule has 1 aliphatic heterocycles. The van der Waals surface area contributed by atoms with Crippen LogP contribution in [0, 0.1) is 17.1 Å². The van der Waals surface area contributed by atoms with Gasteiger partial charge in [-0.2, -0.15) is 5.26 Å². The van der Waals surface area contributed by atoms with Crippen molar-refractivity contribution in [1.82, 2.24) is 14.9 Å². The first-order chi connectivity index (χ1) is 21.8. The Balaban J connectivity index is 1.50. The van der Waals surface area contributed by atoms with Gasteiger partial charge >= 0.3 is 0 Å². The van der Waals surface area contributed by atoms with Crippen molar-refractivity contribution in [3.8, 4) is 6.07 Å². The number of nitriles is 1. The molecule has 3 aromatic carbocycles. The number of nitrogens with two attached hydrogens (primary N) is 2. The van der Waals surface area contributed by atoms with E-state index >= 15 is 0 Å². The van der Waals surface area contributed by atoms with E-state index in [0.29, 0.717) is 49.3 Å². The number of fused-ring (bicyclic) bond motifs is 1. The Bertz CT molecular complexity index is 1790. The summed E-state index contributed by atoms with van der Waals surface area (Å²) < 4.78 is 14.2. The minimum absolute atomic E-state index is 0.110. The minimum Gasteiger partial charge on any atom is -0.399 e. The van der Waals surface area contributed by atoms with Gasteiger partial charge in [0.25, 0.3) is 0 Å². The van der Waals surface area contributed by atoms with E-state index in [0.717, 1.165) is 31.5 Å². The zero-order chi connectivity index (χ0) is 33.2. The van der Waals surface area contributed by atoms with Gasteiger partial charge in [-0.25, -0.2) is 10.2 Å². The number of hydrogen-bond acceptors (Lipinski definition) is 8. The van der Waals surface area contributed by atoms with E-state index in [1.54, 1.807) is 41.5 Å². The SMILES string of the molecule is CC(C)(C)N1CCC(N(N)/C=C(\N)[C@@H](Nc2cc(Cl)c3ncc(C#N)c(Nc4ccc(F)c(Br)c4)c3c2)c2ccc(Cl)cc2)CC1. The molecule has 0 aliphatic carbocycles. The lowest BCUT2D eigenvalue weighted by molar-refractivity contribution is 0.0713. The van der Waals surface area contributed by atoms with Crippen molar-refractivity contribution in [2.75, 3.05) is 23.7 Å². The smallest absolute Gasteiger partial charge is 0.137 e. The highest BCUT2D eigenvalue weighted by Gasteiger charge is 2.29. The summed E-state index contributed by atoms with van der Waals surface area (Å²) in [6, 6.07) is 17.4. The van der Waals surface area contributed by atoms with Gasteiger partial charge in [0.1, 0.15) is 11.9 Å². The first kappa shape index (κ1) is 33.8. The van der Waals surface area contributed by atoms with Crippen molar-refractivity contribution < 1.29 is 4.39 Å². The number of hydrogen-bond donors (Lipinski definition) is 4. The summed E-state index contributed by atoms with van der Waals surface area (Å²) in [5.74, 6) is 6.20. The van der Waals surface area contributed by atoms with Gasteiger partial charge in [-0.3, -0.25) is 9.88 Å². The third kappa shape index (κ3) is 7.68. The van der Waals surface area contributed by atoms with Crippen molar-refractivity contribution >= 4 is 67.1 Å². The van der Waals surface area contributed by atoms with Crippen LogP contribution in [-0.4, -0.2) is 39.6 Å². The number of nitrogens with one attached hydrogen (secondary N) is 2. The number of rotatable bonds is 8. The summed E-state index contributed by atoms with van der Waals surface area (Å²) in [5.41, 5.74) is 10.8. The van der Waals surface area contributed by atoms with E-state index in [2.05, 4.69) is 63.3 Å². The lowest BCUT2D eigenvalue weighted by atomic mass is 9.97. The molecule has 46 heavy (non-hydrogen) atoms. The fourth-order valence-electron chi connectivity index (χ4n) is 5.65. The summed E-state index contributed by atoms with van der Waals surface area (Å²) in [5, 5.41) is 20.0. The van der Waals surface area contributed by atoms with Crippen LogP contribution >= 0.6 is 39.1 Å². The second-order valence-electron chi connectivity index (χ2n) is 12.4. The largest absolute Gasteiger partial charge is 0.399 e. The molecule has 0 bridgehead atoms. The van der Waals surface area contributed by atoms with Gasteiger partial charge in [-0.05, 0) is 97.6 Å². The quantitative estimate of drug-likeness (QED) is 0.106. The highest BCUT2D eigenvalue weighted by molar-refractivity contribution is 9.10. The van der Waals surface area contributed by atoms with Crippen LogP contribution in [0.1, 0.15) is 50.8 Å².